The van der Waals surface area contributed by atoms with Crippen molar-refractivity contribution in [1.29, 1.82) is 0 Å². The van der Waals surface area contributed by atoms with Crippen LogP contribution >= 0.6 is 0 Å². The molecule has 0 saturated heterocycles. The standard InChI is InChI=1S/C22H31N3O3S/c1-6-24(7-2)20-12-9-19(10-13-20)15-23-22(26)16-25(29(5,27)28)21-11-8-17(3)18(4)14-21/h8-14H,6-7,15-16H2,1-5H3,(H,23,26). The van der Waals surface area contributed by atoms with Crippen molar-refractivity contribution in [3.63, 3.8) is 0 Å². The van der Waals surface area contributed by atoms with Crippen molar-refractivity contribution in [3.05, 3.63) is 59.2 Å². The van der Waals surface area contributed by atoms with Crippen LogP contribution in [0.3, 0.4) is 0 Å². The minimum absolute atomic E-state index is 0.251. The highest BCUT2D eigenvalue weighted by Crippen LogP contribution is 2.21. The number of benzene rings is 2. The Balaban J connectivity index is 2.04. The van der Waals surface area contributed by atoms with Crippen LogP contribution in [-0.4, -0.2) is 40.2 Å². The second-order valence-electron chi connectivity index (χ2n) is 7.15. The maximum Gasteiger partial charge on any atom is 0.241 e. The van der Waals surface area contributed by atoms with Gasteiger partial charge >= 0.3 is 0 Å². The molecule has 0 aliphatic rings. The van der Waals surface area contributed by atoms with E-state index in [2.05, 4.69) is 24.1 Å². The zero-order valence-electron chi connectivity index (χ0n) is 17.9. The van der Waals surface area contributed by atoms with Crippen molar-refractivity contribution in [2.75, 3.05) is 35.1 Å². The van der Waals surface area contributed by atoms with E-state index in [4.69, 9.17) is 0 Å². The van der Waals surface area contributed by atoms with E-state index in [0.29, 0.717) is 12.2 Å². The molecule has 158 valence electrons. The fourth-order valence-corrected chi connectivity index (χ4v) is 3.93. The normalized spacial score (nSPS) is 11.2. The third kappa shape index (κ3) is 6.22. The molecule has 0 unspecified atom stereocenters. The van der Waals surface area contributed by atoms with Crippen LogP contribution in [0.15, 0.2) is 42.5 Å². The van der Waals surface area contributed by atoms with Crippen LogP contribution in [0, 0.1) is 13.8 Å². The highest BCUT2D eigenvalue weighted by molar-refractivity contribution is 7.92. The van der Waals surface area contributed by atoms with Gasteiger partial charge in [-0.15, -0.1) is 0 Å². The first-order valence-electron chi connectivity index (χ1n) is 9.81. The number of carbonyl (C=O) groups is 1. The monoisotopic (exact) mass is 417 g/mol. The number of hydrogen-bond acceptors (Lipinski definition) is 4. The van der Waals surface area contributed by atoms with Gasteiger partial charge in [0.05, 0.1) is 11.9 Å². The lowest BCUT2D eigenvalue weighted by Gasteiger charge is -2.23. The molecule has 0 aliphatic heterocycles. The fraction of sp³-hybridized carbons (Fsp3) is 0.409. The molecule has 0 bridgehead atoms. The van der Waals surface area contributed by atoms with Gasteiger partial charge in [0.1, 0.15) is 6.54 Å². The summed E-state index contributed by atoms with van der Waals surface area (Å²) in [6.07, 6.45) is 1.11. The van der Waals surface area contributed by atoms with Crippen molar-refractivity contribution in [2.24, 2.45) is 0 Å². The molecule has 6 nitrogen and oxygen atoms in total. The van der Waals surface area contributed by atoms with Crippen molar-refractivity contribution >= 4 is 27.3 Å². The molecule has 0 saturated carbocycles. The van der Waals surface area contributed by atoms with Crippen molar-refractivity contribution in [3.8, 4) is 0 Å². The minimum Gasteiger partial charge on any atom is -0.372 e. The number of rotatable bonds is 9. The lowest BCUT2D eigenvalue weighted by Crippen LogP contribution is -2.40. The molecule has 0 aliphatic carbocycles. The summed E-state index contributed by atoms with van der Waals surface area (Å²) >= 11 is 0. The smallest absolute Gasteiger partial charge is 0.241 e. The molecule has 0 radical (unpaired) electrons. The first-order valence-corrected chi connectivity index (χ1v) is 11.7. The molecule has 2 rings (SSSR count). The van der Waals surface area contributed by atoms with Crippen LogP contribution in [0.5, 0.6) is 0 Å². The first kappa shape index (κ1) is 22.7. The Hall–Kier alpha value is -2.54. The largest absolute Gasteiger partial charge is 0.372 e. The van der Waals surface area contributed by atoms with E-state index >= 15 is 0 Å². The Labute approximate surface area is 174 Å². The summed E-state index contributed by atoms with van der Waals surface area (Å²) in [5, 5.41) is 2.82. The summed E-state index contributed by atoms with van der Waals surface area (Å²) in [7, 11) is -3.58. The van der Waals surface area contributed by atoms with Gasteiger partial charge in [0.25, 0.3) is 0 Å². The Morgan fingerprint density at radius 1 is 0.931 bits per heavy atom. The third-order valence-electron chi connectivity index (χ3n) is 5.02. The van der Waals surface area contributed by atoms with Gasteiger partial charge in [-0.3, -0.25) is 9.10 Å². The number of nitrogens with zero attached hydrogens (tertiary/aromatic N) is 2. The molecule has 0 aromatic heterocycles. The predicted molar refractivity (Wildman–Crippen MR) is 120 cm³/mol. The van der Waals surface area contributed by atoms with Gasteiger partial charge in [0, 0.05) is 25.3 Å². The van der Waals surface area contributed by atoms with E-state index in [1.165, 1.54) is 0 Å². The average Bonchev–Trinajstić information content (AvgIpc) is 2.68. The number of aryl methyl sites for hydroxylation is 2. The third-order valence-corrected chi connectivity index (χ3v) is 6.16. The molecular weight excluding hydrogens is 386 g/mol. The summed E-state index contributed by atoms with van der Waals surface area (Å²) in [6.45, 7) is 10.1. The van der Waals surface area contributed by atoms with Crippen LogP contribution in [0.1, 0.15) is 30.5 Å². The van der Waals surface area contributed by atoms with Crippen molar-refractivity contribution < 1.29 is 13.2 Å². The van der Waals surface area contributed by atoms with Gasteiger partial charge in [-0.2, -0.15) is 0 Å². The second kappa shape index (κ2) is 9.78. The molecule has 2 aromatic carbocycles. The van der Waals surface area contributed by atoms with Crippen LogP contribution in [-0.2, 0) is 21.4 Å². The Morgan fingerprint density at radius 2 is 1.52 bits per heavy atom. The van der Waals surface area contributed by atoms with Crippen LogP contribution in [0.4, 0.5) is 11.4 Å². The molecule has 1 N–H and O–H groups in total. The van der Waals surface area contributed by atoms with Crippen LogP contribution < -0.4 is 14.5 Å². The average molecular weight is 418 g/mol. The highest BCUT2D eigenvalue weighted by atomic mass is 32.2. The lowest BCUT2D eigenvalue weighted by molar-refractivity contribution is -0.119. The lowest BCUT2D eigenvalue weighted by atomic mass is 10.1. The van der Waals surface area contributed by atoms with Crippen molar-refractivity contribution in [2.45, 2.75) is 34.2 Å². The molecule has 0 heterocycles. The van der Waals surface area contributed by atoms with E-state index in [1.54, 1.807) is 12.1 Å². The van der Waals surface area contributed by atoms with Crippen LogP contribution in [0.25, 0.3) is 0 Å². The molecule has 1 amide bonds. The van der Waals surface area contributed by atoms with Gasteiger partial charge in [0.2, 0.25) is 15.9 Å². The Bertz CT molecular complexity index is 936. The van der Waals surface area contributed by atoms with E-state index in [-0.39, 0.29) is 12.5 Å². The van der Waals surface area contributed by atoms with E-state index < -0.39 is 10.0 Å². The van der Waals surface area contributed by atoms with Crippen LogP contribution in [0.2, 0.25) is 0 Å². The highest BCUT2D eigenvalue weighted by Gasteiger charge is 2.21. The number of amides is 1. The molecule has 29 heavy (non-hydrogen) atoms. The number of carbonyl (C=O) groups excluding carboxylic acids is 1. The molecular formula is C22H31N3O3S. The molecule has 7 heteroatoms. The molecule has 2 aromatic rings. The van der Waals surface area contributed by atoms with E-state index in [0.717, 1.165) is 46.0 Å². The maximum atomic E-state index is 12.4. The quantitative estimate of drug-likeness (QED) is 0.680. The summed E-state index contributed by atoms with van der Waals surface area (Å²) < 4.78 is 25.6. The fourth-order valence-electron chi connectivity index (χ4n) is 3.08. The SMILES string of the molecule is CCN(CC)c1ccc(CNC(=O)CN(c2ccc(C)c(C)c2)S(C)(=O)=O)cc1. The Morgan fingerprint density at radius 3 is 2.03 bits per heavy atom. The predicted octanol–water partition coefficient (Wildman–Crippen LogP) is 3.23. The van der Waals surface area contributed by atoms with E-state index in [9.17, 15) is 13.2 Å². The van der Waals surface area contributed by atoms with Gasteiger partial charge < -0.3 is 10.2 Å². The number of hydrogen-bond donors (Lipinski definition) is 1. The zero-order chi connectivity index (χ0) is 21.6. The van der Waals surface area contributed by atoms with Gasteiger partial charge in [-0.25, -0.2) is 8.42 Å². The number of anilines is 2. The van der Waals surface area contributed by atoms with Crippen molar-refractivity contribution in [1.82, 2.24) is 5.32 Å². The number of nitrogens with one attached hydrogen (secondary N) is 1. The summed E-state index contributed by atoms with van der Waals surface area (Å²) in [6, 6.07) is 13.4. The molecule has 0 fully saturated rings. The van der Waals surface area contributed by atoms with Gasteiger partial charge in [-0.1, -0.05) is 18.2 Å². The topological polar surface area (TPSA) is 69.7 Å². The zero-order valence-corrected chi connectivity index (χ0v) is 18.7. The van der Waals surface area contributed by atoms with E-state index in [1.807, 2.05) is 44.2 Å². The maximum absolute atomic E-state index is 12.4. The molecule has 0 atom stereocenters. The molecule has 0 spiro atoms. The second-order valence-corrected chi connectivity index (χ2v) is 9.06. The number of sulfonamides is 1. The summed E-state index contributed by atoms with van der Waals surface area (Å²) in [5.74, 6) is -0.346. The van der Waals surface area contributed by atoms with Gasteiger partial charge in [-0.05, 0) is 68.7 Å². The van der Waals surface area contributed by atoms with Gasteiger partial charge in [0.15, 0.2) is 0 Å². The summed E-state index contributed by atoms with van der Waals surface area (Å²) in [4.78, 5) is 14.7. The minimum atomic E-state index is -3.58. The Kier molecular flexibility index (Phi) is 7.67. The summed E-state index contributed by atoms with van der Waals surface area (Å²) in [5.41, 5.74) is 4.65. The first-order chi connectivity index (χ1) is 13.7.